The quantitative estimate of drug-likeness (QED) is 0.600. The van der Waals surface area contributed by atoms with Crippen molar-refractivity contribution in [1.82, 2.24) is 4.90 Å². The Hall–Kier alpha value is -1.66. The van der Waals surface area contributed by atoms with Crippen LogP contribution in [0.15, 0.2) is 28.8 Å². The Bertz CT molecular complexity index is 808. The van der Waals surface area contributed by atoms with Gasteiger partial charge in [-0.15, -0.1) is 0 Å². The topological polar surface area (TPSA) is 66.5 Å². The SMILES string of the molecule is Cc1c(NC(=O)CN2C(=O)[C@@H]3[C@H](C2=O)[C@H]2C=C[C@@H]3C2)ccc(Br)c1Cl. The van der Waals surface area contributed by atoms with E-state index in [0.29, 0.717) is 10.7 Å². The summed E-state index contributed by atoms with van der Waals surface area (Å²) in [7, 11) is 0. The number of carbonyl (C=O) groups excluding carboxylic acids is 3. The van der Waals surface area contributed by atoms with Crippen molar-refractivity contribution in [2.45, 2.75) is 13.3 Å². The number of anilines is 1. The summed E-state index contributed by atoms with van der Waals surface area (Å²) in [5, 5.41) is 3.26. The molecule has 0 radical (unpaired) electrons. The van der Waals surface area contributed by atoms with Gasteiger partial charge in [0.25, 0.3) is 0 Å². The van der Waals surface area contributed by atoms with Gasteiger partial charge in [-0.2, -0.15) is 0 Å². The molecule has 25 heavy (non-hydrogen) atoms. The van der Waals surface area contributed by atoms with Crippen molar-refractivity contribution in [2.75, 3.05) is 11.9 Å². The summed E-state index contributed by atoms with van der Waals surface area (Å²) in [6, 6.07) is 3.47. The van der Waals surface area contributed by atoms with Gasteiger partial charge in [0, 0.05) is 10.2 Å². The second kappa shape index (κ2) is 5.95. The summed E-state index contributed by atoms with van der Waals surface area (Å²) in [6.45, 7) is 1.54. The maximum Gasteiger partial charge on any atom is 0.244 e. The highest BCUT2D eigenvalue weighted by molar-refractivity contribution is 9.10. The van der Waals surface area contributed by atoms with Gasteiger partial charge < -0.3 is 5.32 Å². The Morgan fingerprint density at radius 3 is 2.44 bits per heavy atom. The minimum Gasteiger partial charge on any atom is -0.324 e. The summed E-state index contributed by atoms with van der Waals surface area (Å²) >= 11 is 9.49. The molecule has 1 aromatic carbocycles. The third-order valence-electron chi connectivity index (χ3n) is 5.48. The fourth-order valence-electron chi connectivity index (χ4n) is 4.24. The lowest BCUT2D eigenvalue weighted by atomic mass is 9.85. The van der Waals surface area contributed by atoms with Crippen molar-refractivity contribution in [3.8, 4) is 0 Å². The molecule has 1 N–H and O–H groups in total. The van der Waals surface area contributed by atoms with Crippen LogP contribution >= 0.6 is 27.5 Å². The van der Waals surface area contributed by atoms with E-state index in [2.05, 4.69) is 21.2 Å². The predicted octanol–water partition coefficient (Wildman–Crippen LogP) is 3.16. The van der Waals surface area contributed by atoms with Gasteiger partial charge in [0.15, 0.2) is 0 Å². The summed E-state index contributed by atoms with van der Waals surface area (Å²) in [5.74, 6) is -1.10. The van der Waals surface area contributed by atoms with E-state index in [1.54, 1.807) is 19.1 Å². The number of nitrogens with zero attached hydrogens (tertiary/aromatic N) is 1. The number of nitrogens with one attached hydrogen (secondary N) is 1. The Labute approximate surface area is 158 Å². The lowest BCUT2D eigenvalue weighted by molar-refractivity contribution is -0.143. The molecule has 130 valence electrons. The van der Waals surface area contributed by atoms with E-state index in [1.807, 2.05) is 12.2 Å². The van der Waals surface area contributed by atoms with Crippen LogP contribution in [0.3, 0.4) is 0 Å². The average Bonchev–Trinajstić information content (AvgIpc) is 3.25. The molecular weight excluding hydrogens is 408 g/mol. The summed E-state index contributed by atoms with van der Waals surface area (Å²) in [5.41, 5.74) is 1.29. The van der Waals surface area contributed by atoms with E-state index >= 15 is 0 Å². The first-order chi connectivity index (χ1) is 11.9. The number of fused-ring (bicyclic) bond motifs is 5. The van der Waals surface area contributed by atoms with Gasteiger partial charge >= 0.3 is 0 Å². The molecule has 1 aliphatic heterocycles. The van der Waals surface area contributed by atoms with Crippen LogP contribution in [0.25, 0.3) is 0 Å². The number of hydrogen-bond donors (Lipinski definition) is 1. The molecule has 0 unspecified atom stereocenters. The first-order valence-corrected chi connectivity index (χ1v) is 9.33. The number of amides is 3. The maximum atomic E-state index is 12.6. The number of benzene rings is 1. The fraction of sp³-hybridized carbons (Fsp3) is 0.389. The van der Waals surface area contributed by atoms with Crippen LogP contribution in [-0.2, 0) is 14.4 Å². The van der Waals surface area contributed by atoms with Gasteiger partial charge in [0.1, 0.15) is 6.54 Å². The number of imide groups is 1. The molecule has 2 fully saturated rings. The Morgan fingerprint density at radius 1 is 1.24 bits per heavy atom. The second-order valence-electron chi connectivity index (χ2n) is 6.84. The summed E-state index contributed by atoms with van der Waals surface area (Å²) in [4.78, 5) is 38.7. The zero-order valence-corrected chi connectivity index (χ0v) is 15.8. The van der Waals surface area contributed by atoms with E-state index in [0.717, 1.165) is 21.4 Å². The average molecular weight is 424 g/mol. The second-order valence-corrected chi connectivity index (χ2v) is 8.08. The standard InChI is InChI=1S/C18H16BrClN2O3/c1-8-12(5-4-11(19)16(8)20)21-13(23)7-22-17(24)14-9-2-3-10(6-9)15(14)18(22)25/h2-5,9-10,14-15H,6-7H2,1H3,(H,21,23)/t9-,10+,14+,15-. The van der Waals surface area contributed by atoms with E-state index in [-0.39, 0.29) is 42.0 Å². The molecule has 2 aliphatic carbocycles. The van der Waals surface area contributed by atoms with E-state index < -0.39 is 5.91 Å². The number of carbonyl (C=O) groups is 3. The monoisotopic (exact) mass is 422 g/mol. The molecule has 7 heteroatoms. The smallest absolute Gasteiger partial charge is 0.244 e. The first kappa shape index (κ1) is 16.8. The van der Waals surface area contributed by atoms with Crippen molar-refractivity contribution < 1.29 is 14.4 Å². The number of rotatable bonds is 3. The van der Waals surface area contributed by atoms with Gasteiger partial charge in [-0.05, 0) is 58.8 Å². The van der Waals surface area contributed by atoms with Gasteiger partial charge in [0.05, 0.1) is 16.9 Å². The third kappa shape index (κ3) is 2.54. The van der Waals surface area contributed by atoms with Crippen molar-refractivity contribution in [3.05, 3.63) is 39.3 Å². The van der Waals surface area contributed by atoms with Crippen LogP contribution in [0.2, 0.25) is 5.02 Å². The number of likely N-dealkylation sites (tertiary alicyclic amines) is 1. The molecule has 1 saturated heterocycles. The summed E-state index contributed by atoms with van der Waals surface area (Å²) in [6.07, 6.45) is 4.95. The molecular formula is C18H16BrClN2O3. The van der Waals surface area contributed by atoms with Crippen molar-refractivity contribution >= 4 is 50.9 Å². The predicted molar refractivity (Wildman–Crippen MR) is 97.0 cm³/mol. The van der Waals surface area contributed by atoms with Gasteiger partial charge in [-0.3, -0.25) is 19.3 Å². The van der Waals surface area contributed by atoms with Crippen LogP contribution in [0.5, 0.6) is 0 Å². The molecule has 1 saturated carbocycles. The van der Waals surface area contributed by atoms with E-state index in [1.165, 1.54) is 0 Å². The van der Waals surface area contributed by atoms with Crippen LogP contribution in [0.1, 0.15) is 12.0 Å². The minimum absolute atomic E-state index is 0.145. The Balaban J connectivity index is 1.48. The highest BCUT2D eigenvalue weighted by Gasteiger charge is 2.59. The fourth-order valence-corrected chi connectivity index (χ4v) is 4.84. The van der Waals surface area contributed by atoms with Gasteiger partial charge in [0.2, 0.25) is 17.7 Å². The molecule has 0 spiro atoms. The Kier molecular flexibility index (Phi) is 4.00. The van der Waals surface area contributed by atoms with Crippen molar-refractivity contribution in [2.24, 2.45) is 23.7 Å². The van der Waals surface area contributed by atoms with Gasteiger partial charge in [-0.1, -0.05) is 23.8 Å². The lowest BCUT2D eigenvalue weighted by Gasteiger charge is -2.17. The first-order valence-electron chi connectivity index (χ1n) is 8.16. The largest absolute Gasteiger partial charge is 0.324 e. The number of hydrogen-bond acceptors (Lipinski definition) is 3. The molecule has 1 aromatic rings. The maximum absolute atomic E-state index is 12.6. The minimum atomic E-state index is -0.400. The zero-order chi connectivity index (χ0) is 17.9. The molecule has 5 nitrogen and oxygen atoms in total. The van der Waals surface area contributed by atoms with Crippen molar-refractivity contribution in [3.63, 3.8) is 0 Å². The van der Waals surface area contributed by atoms with Gasteiger partial charge in [-0.25, -0.2) is 0 Å². The molecule has 4 atom stereocenters. The highest BCUT2D eigenvalue weighted by atomic mass is 79.9. The number of allylic oxidation sites excluding steroid dienone is 2. The zero-order valence-electron chi connectivity index (χ0n) is 13.5. The van der Waals surface area contributed by atoms with Crippen LogP contribution in [0, 0.1) is 30.6 Å². The van der Waals surface area contributed by atoms with Crippen LogP contribution < -0.4 is 5.32 Å². The molecule has 0 aromatic heterocycles. The van der Waals surface area contributed by atoms with Crippen LogP contribution in [0.4, 0.5) is 5.69 Å². The number of halogens is 2. The molecule has 4 rings (SSSR count). The van der Waals surface area contributed by atoms with E-state index in [9.17, 15) is 14.4 Å². The normalized spacial score (nSPS) is 29.5. The molecule has 3 amide bonds. The Morgan fingerprint density at radius 2 is 1.84 bits per heavy atom. The molecule has 1 heterocycles. The highest BCUT2D eigenvalue weighted by Crippen LogP contribution is 2.52. The third-order valence-corrected chi connectivity index (χ3v) is 6.85. The van der Waals surface area contributed by atoms with E-state index in [4.69, 9.17) is 11.6 Å². The van der Waals surface area contributed by atoms with Crippen LogP contribution in [-0.4, -0.2) is 29.2 Å². The van der Waals surface area contributed by atoms with Crippen molar-refractivity contribution in [1.29, 1.82) is 0 Å². The molecule has 2 bridgehead atoms. The summed E-state index contributed by atoms with van der Waals surface area (Å²) < 4.78 is 0.741. The lowest BCUT2D eigenvalue weighted by Crippen LogP contribution is -2.39. The molecule has 3 aliphatic rings.